The number of nitrogens with one attached hydrogen (secondary N) is 1. The summed E-state index contributed by atoms with van der Waals surface area (Å²) in [4.78, 5) is 34.0. The van der Waals surface area contributed by atoms with E-state index in [1.165, 1.54) is 17.3 Å². The minimum Gasteiger partial charge on any atom is -0.372 e. The second kappa shape index (κ2) is 7.70. The van der Waals surface area contributed by atoms with Crippen molar-refractivity contribution in [3.05, 3.63) is 69.3 Å². The van der Waals surface area contributed by atoms with Gasteiger partial charge in [-0.25, -0.2) is 4.98 Å². The molecule has 0 saturated carbocycles. The molecular formula is C19H21N3O2S. The Hall–Kier alpha value is -2.34. The third-order valence-electron chi connectivity index (χ3n) is 4.29. The van der Waals surface area contributed by atoms with E-state index in [9.17, 15) is 9.59 Å². The molecule has 0 radical (unpaired) electrons. The van der Waals surface area contributed by atoms with Crippen LogP contribution in [0.25, 0.3) is 0 Å². The molecule has 0 aliphatic carbocycles. The van der Waals surface area contributed by atoms with Crippen LogP contribution in [-0.2, 0) is 24.2 Å². The molecule has 1 aliphatic heterocycles. The number of aromatic amines is 1. The number of H-pyrrole nitrogens is 1. The highest BCUT2D eigenvalue weighted by molar-refractivity contribution is 7.98. The van der Waals surface area contributed by atoms with E-state index in [0.29, 0.717) is 35.7 Å². The monoisotopic (exact) mass is 355 g/mol. The van der Waals surface area contributed by atoms with Crippen LogP contribution < -0.4 is 5.56 Å². The van der Waals surface area contributed by atoms with Gasteiger partial charge in [0.1, 0.15) is 0 Å². The van der Waals surface area contributed by atoms with Gasteiger partial charge in [0.2, 0.25) is 0 Å². The van der Waals surface area contributed by atoms with Crippen molar-refractivity contribution >= 4 is 17.5 Å². The van der Waals surface area contributed by atoms with Crippen LogP contribution in [0.2, 0.25) is 0 Å². The fourth-order valence-corrected chi connectivity index (χ4v) is 3.33. The molecule has 0 bridgehead atoms. The van der Waals surface area contributed by atoms with Gasteiger partial charge in [-0.1, -0.05) is 42.1 Å². The smallest absolute Gasteiger partial charge is 0.255 e. The van der Waals surface area contributed by atoms with Crippen LogP contribution in [0.4, 0.5) is 0 Å². The molecule has 2 heterocycles. The van der Waals surface area contributed by atoms with E-state index in [4.69, 9.17) is 0 Å². The zero-order chi connectivity index (χ0) is 17.8. The molecule has 0 fully saturated rings. The van der Waals surface area contributed by atoms with E-state index in [1.54, 1.807) is 6.92 Å². The Morgan fingerprint density at radius 2 is 2.08 bits per heavy atom. The van der Waals surface area contributed by atoms with Crippen molar-refractivity contribution in [3.8, 4) is 0 Å². The topological polar surface area (TPSA) is 66.1 Å². The summed E-state index contributed by atoms with van der Waals surface area (Å²) in [6, 6.07) is 10.2. The van der Waals surface area contributed by atoms with Gasteiger partial charge >= 0.3 is 0 Å². The molecule has 1 aliphatic rings. The molecule has 1 aromatic heterocycles. The Bertz CT molecular complexity index is 859. The zero-order valence-corrected chi connectivity index (χ0v) is 15.2. The summed E-state index contributed by atoms with van der Waals surface area (Å²) in [5.41, 5.74) is 3.09. The quantitative estimate of drug-likeness (QED) is 0.674. The summed E-state index contributed by atoms with van der Waals surface area (Å²) in [5, 5.41) is 0.618. The molecule has 1 N–H and O–H groups in total. The second-order valence-electron chi connectivity index (χ2n) is 6.09. The highest BCUT2D eigenvalue weighted by Gasteiger charge is 2.19. The minimum absolute atomic E-state index is 0.0146. The van der Waals surface area contributed by atoms with Gasteiger partial charge in [-0.15, -0.1) is 0 Å². The number of aromatic nitrogens is 2. The number of thioether (sulfide) groups is 1. The van der Waals surface area contributed by atoms with E-state index in [2.05, 4.69) is 27.0 Å². The van der Waals surface area contributed by atoms with Crippen molar-refractivity contribution in [3.63, 3.8) is 0 Å². The summed E-state index contributed by atoms with van der Waals surface area (Å²) in [6.45, 7) is 2.99. The van der Waals surface area contributed by atoms with E-state index in [0.717, 1.165) is 12.2 Å². The SMILES string of the molecule is CSc1nc2c(c(=O)[nH]1)C/C(C(C)=O)=C\N(Cc1ccccc1)CC2. The molecule has 2 aromatic rings. The average Bonchev–Trinajstić information content (AvgIpc) is 2.59. The number of hydrogen-bond acceptors (Lipinski definition) is 5. The number of carbonyl (C=O) groups is 1. The van der Waals surface area contributed by atoms with Crippen LogP contribution in [0.15, 0.2) is 52.1 Å². The number of carbonyl (C=O) groups excluding carboxylic acids is 1. The maximum Gasteiger partial charge on any atom is 0.255 e. The van der Waals surface area contributed by atoms with Crippen molar-refractivity contribution in [2.45, 2.75) is 31.5 Å². The van der Waals surface area contributed by atoms with Gasteiger partial charge < -0.3 is 9.88 Å². The lowest BCUT2D eigenvalue weighted by Gasteiger charge is -2.25. The number of benzene rings is 1. The molecule has 0 unspecified atom stereocenters. The molecule has 3 rings (SSSR count). The number of ketones is 1. The predicted molar refractivity (Wildman–Crippen MR) is 99.7 cm³/mol. The van der Waals surface area contributed by atoms with Crippen LogP contribution in [-0.4, -0.2) is 33.5 Å². The normalized spacial score (nSPS) is 16.4. The molecular weight excluding hydrogens is 334 g/mol. The molecule has 0 spiro atoms. The van der Waals surface area contributed by atoms with Crippen LogP contribution in [0.1, 0.15) is 23.7 Å². The lowest BCUT2D eigenvalue weighted by Crippen LogP contribution is -2.28. The third-order valence-corrected chi connectivity index (χ3v) is 4.87. The number of hydrogen-bond donors (Lipinski definition) is 1. The summed E-state index contributed by atoms with van der Waals surface area (Å²) in [7, 11) is 0. The standard InChI is InChI=1S/C19H21N3O2S/c1-13(23)15-10-16-17(20-19(25-2)21-18(16)24)8-9-22(12-15)11-14-6-4-3-5-7-14/h3-7,12H,8-11H2,1-2H3,(H,20,21,24)/b15-12+. The Kier molecular flexibility index (Phi) is 5.38. The molecule has 0 amide bonds. The van der Waals surface area contributed by atoms with Crippen LogP contribution in [0, 0.1) is 0 Å². The lowest BCUT2D eigenvalue weighted by atomic mass is 9.99. The van der Waals surface area contributed by atoms with Crippen molar-refractivity contribution < 1.29 is 4.79 Å². The minimum atomic E-state index is -0.141. The molecule has 6 heteroatoms. The first-order chi connectivity index (χ1) is 12.1. The first-order valence-corrected chi connectivity index (χ1v) is 9.45. The molecule has 0 atom stereocenters. The largest absolute Gasteiger partial charge is 0.372 e. The van der Waals surface area contributed by atoms with Gasteiger partial charge in [0.25, 0.3) is 5.56 Å². The third kappa shape index (κ3) is 4.20. The van der Waals surface area contributed by atoms with Crippen LogP contribution in [0.3, 0.4) is 0 Å². The number of allylic oxidation sites excluding steroid dienone is 1. The Morgan fingerprint density at radius 3 is 2.76 bits per heavy atom. The van der Waals surface area contributed by atoms with Crippen LogP contribution >= 0.6 is 11.8 Å². The molecule has 130 valence electrons. The lowest BCUT2D eigenvalue weighted by molar-refractivity contribution is -0.113. The van der Waals surface area contributed by atoms with E-state index in [-0.39, 0.29) is 11.3 Å². The summed E-state index contributed by atoms with van der Waals surface area (Å²) in [5.74, 6) is -0.0146. The van der Waals surface area contributed by atoms with E-state index in [1.807, 2.05) is 30.7 Å². The van der Waals surface area contributed by atoms with Crippen molar-refractivity contribution in [2.24, 2.45) is 0 Å². The molecule has 5 nitrogen and oxygen atoms in total. The molecule has 0 saturated heterocycles. The Balaban J connectivity index is 1.95. The van der Waals surface area contributed by atoms with E-state index >= 15 is 0 Å². The van der Waals surface area contributed by atoms with Gasteiger partial charge in [-0.05, 0) is 18.7 Å². The van der Waals surface area contributed by atoms with Gasteiger partial charge in [0.15, 0.2) is 10.9 Å². The highest BCUT2D eigenvalue weighted by Crippen LogP contribution is 2.18. The molecule has 1 aromatic carbocycles. The van der Waals surface area contributed by atoms with Crippen molar-refractivity contribution in [1.29, 1.82) is 0 Å². The van der Waals surface area contributed by atoms with E-state index < -0.39 is 0 Å². The molecule has 25 heavy (non-hydrogen) atoms. The second-order valence-corrected chi connectivity index (χ2v) is 6.89. The van der Waals surface area contributed by atoms with Crippen molar-refractivity contribution in [1.82, 2.24) is 14.9 Å². The average molecular weight is 355 g/mol. The van der Waals surface area contributed by atoms with Gasteiger partial charge in [0, 0.05) is 43.3 Å². The maximum absolute atomic E-state index is 12.4. The summed E-state index contributed by atoms with van der Waals surface area (Å²) >= 11 is 1.42. The fraction of sp³-hybridized carbons (Fsp3) is 0.316. The Morgan fingerprint density at radius 1 is 1.32 bits per heavy atom. The number of Topliss-reactive ketones (excluding diaryl/α,β-unsaturated/α-hetero) is 1. The number of nitrogens with zero attached hydrogens (tertiary/aromatic N) is 2. The van der Waals surface area contributed by atoms with Gasteiger partial charge in [0.05, 0.1) is 5.69 Å². The zero-order valence-electron chi connectivity index (χ0n) is 14.4. The van der Waals surface area contributed by atoms with Crippen LogP contribution in [0.5, 0.6) is 0 Å². The van der Waals surface area contributed by atoms with Gasteiger partial charge in [-0.3, -0.25) is 9.59 Å². The number of fused-ring (bicyclic) bond motifs is 1. The summed E-state index contributed by atoms with van der Waals surface area (Å²) in [6.07, 6.45) is 4.80. The van der Waals surface area contributed by atoms with Gasteiger partial charge in [-0.2, -0.15) is 0 Å². The van der Waals surface area contributed by atoms with Crippen molar-refractivity contribution in [2.75, 3.05) is 12.8 Å². The Labute approximate surface area is 151 Å². The number of rotatable bonds is 4. The predicted octanol–water partition coefficient (Wildman–Crippen LogP) is 2.57. The summed E-state index contributed by atoms with van der Waals surface area (Å²) < 4.78 is 0. The first-order valence-electron chi connectivity index (χ1n) is 8.22. The fourth-order valence-electron chi connectivity index (χ4n) is 2.94. The highest BCUT2D eigenvalue weighted by atomic mass is 32.2. The first kappa shape index (κ1) is 17.5. The maximum atomic E-state index is 12.4.